The Labute approximate surface area is 165 Å². The summed E-state index contributed by atoms with van der Waals surface area (Å²) in [7, 11) is 2.93. The molecule has 0 aliphatic carbocycles. The molecule has 0 fully saturated rings. The zero-order valence-electron chi connectivity index (χ0n) is 16.0. The Kier molecular flexibility index (Phi) is 4.64. The van der Waals surface area contributed by atoms with Crippen molar-refractivity contribution in [2.45, 2.75) is 6.92 Å². The van der Waals surface area contributed by atoms with E-state index in [1.807, 2.05) is 12.1 Å². The van der Waals surface area contributed by atoms with Crippen LogP contribution in [0, 0.1) is 0 Å². The van der Waals surface area contributed by atoms with Crippen LogP contribution in [0.5, 0.6) is 17.2 Å². The molecule has 0 amide bonds. The monoisotopic (exact) mass is 391 g/mol. The lowest BCUT2D eigenvalue weighted by Crippen LogP contribution is -2.07. The number of esters is 1. The maximum absolute atomic E-state index is 13.3. The topological polar surface area (TPSA) is 87.9 Å². The molecule has 4 rings (SSSR count). The highest BCUT2D eigenvalue weighted by Crippen LogP contribution is 2.36. The fourth-order valence-corrected chi connectivity index (χ4v) is 3.23. The van der Waals surface area contributed by atoms with Crippen molar-refractivity contribution < 1.29 is 23.4 Å². The van der Waals surface area contributed by atoms with Gasteiger partial charge in [-0.2, -0.15) is 0 Å². The highest BCUT2D eigenvalue weighted by Gasteiger charge is 2.19. The van der Waals surface area contributed by atoms with Gasteiger partial charge < -0.3 is 18.6 Å². The highest BCUT2D eigenvalue weighted by atomic mass is 16.5. The van der Waals surface area contributed by atoms with Gasteiger partial charge in [0.2, 0.25) is 5.43 Å². The molecule has 2 heterocycles. The van der Waals surface area contributed by atoms with Crippen molar-refractivity contribution in [2.75, 3.05) is 14.2 Å². The first-order chi connectivity index (χ1) is 14.0. The van der Waals surface area contributed by atoms with Crippen LogP contribution in [0.2, 0.25) is 0 Å². The first-order valence-corrected chi connectivity index (χ1v) is 8.77. The predicted molar refractivity (Wildman–Crippen MR) is 108 cm³/mol. The number of carbonyl (C=O) groups is 1. The smallest absolute Gasteiger partial charge is 0.308 e. The molecule has 0 N–H and O–H groups in total. The van der Waals surface area contributed by atoms with Gasteiger partial charge in [0.1, 0.15) is 22.5 Å². The van der Waals surface area contributed by atoms with E-state index in [9.17, 15) is 9.59 Å². The van der Waals surface area contributed by atoms with Crippen LogP contribution in [-0.2, 0) is 4.79 Å². The van der Waals surface area contributed by atoms with Crippen molar-refractivity contribution in [3.63, 3.8) is 0 Å². The molecule has 0 radical (unpaired) electrons. The molecular formula is C22H17NO6. The second-order valence-electron chi connectivity index (χ2n) is 6.32. The Balaban J connectivity index is 2.07. The van der Waals surface area contributed by atoms with Crippen molar-refractivity contribution in [2.24, 2.45) is 0 Å². The van der Waals surface area contributed by atoms with Gasteiger partial charge in [0.15, 0.2) is 11.3 Å². The van der Waals surface area contributed by atoms with Gasteiger partial charge in [-0.3, -0.25) is 14.6 Å². The minimum atomic E-state index is -0.504. The minimum absolute atomic E-state index is 0.194. The summed E-state index contributed by atoms with van der Waals surface area (Å²) in [6, 6.07) is 10.2. The number of methoxy groups -OCH3 is 2. The minimum Gasteiger partial charge on any atom is -0.496 e. The molecule has 2 aromatic heterocycles. The summed E-state index contributed by atoms with van der Waals surface area (Å²) in [5.41, 5.74) is 1.93. The van der Waals surface area contributed by atoms with Crippen molar-refractivity contribution >= 4 is 27.9 Å². The molecule has 0 aliphatic heterocycles. The van der Waals surface area contributed by atoms with Gasteiger partial charge in [-0.25, -0.2) is 0 Å². The Morgan fingerprint density at radius 2 is 1.83 bits per heavy atom. The molecule has 0 unspecified atom stereocenters. The number of ether oxygens (including phenoxy) is 3. The summed E-state index contributed by atoms with van der Waals surface area (Å²) in [6.07, 6.45) is 3.40. The largest absolute Gasteiger partial charge is 0.496 e. The molecule has 146 valence electrons. The molecule has 0 atom stereocenters. The molecular weight excluding hydrogens is 374 g/mol. The van der Waals surface area contributed by atoms with E-state index in [4.69, 9.17) is 18.6 Å². The van der Waals surface area contributed by atoms with E-state index in [-0.39, 0.29) is 33.3 Å². The fourth-order valence-electron chi connectivity index (χ4n) is 3.23. The van der Waals surface area contributed by atoms with Crippen LogP contribution in [0.1, 0.15) is 6.92 Å². The van der Waals surface area contributed by atoms with E-state index in [1.165, 1.54) is 33.3 Å². The number of rotatable bonds is 4. The number of benzene rings is 2. The van der Waals surface area contributed by atoms with Crippen LogP contribution in [0.25, 0.3) is 33.1 Å². The van der Waals surface area contributed by atoms with Gasteiger partial charge in [0, 0.05) is 30.9 Å². The van der Waals surface area contributed by atoms with E-state index in [0.29, 0.717) is 11.3 Å². The normalized spacial score (nSPS) is 10.9. The molecule has 29 heavy (non-hydrogen) atoms. The summed E-state index contributed by atoms with van der Waals surface area (Å²) in [5.74, 6) is 0.340. The lowest BCUT2D eigenvalue weighted by atomic mass is 10.0. The maximum atomic E-state index is 13.3. The Morgan fingerprint density at radius 3 is 2.48 bits per heavy atom. The Morgan fingerprint density at radius 1 is 1.03 bits per heavy atom. The SMILES string of the molecule is COc1cc(OC(C)=O)cc2c(=O)c3c(OC)cc(-c4cccnc4)cc3oc12. The van der Waals surface area contributed by atoms with Gasteiger partial charge in [0.05, 0.1) is 19.6 Å². The zero-order chi connectivity index (χ0) is 20.5. The number of hydrogen-bond donors (Lipinski definition) is 0. The van der Waals surface area contributed by atoms with Gasteiger partial charge in [-0.05, 0) is 29.8 Å². The van der Waals surface area contributed by atoms with Gasteiger partial charge in [-0.1, -0.05) is 6.07 Å². The second-order valence-corrected chi connectivity index (χ2v) is 6.32. The van der Waals surface area contributed by atoms with Crippen molar-refractivity contribution in [3.8, 4) is 28.4 Å². The molecule has 0 aliphatic rings. The predicted octanol–water partition coefficient (Wildman–Crippen LogP) is 3.95. The van der Waals surface area contributed by atoms with Crippen LogP contribution in [0.3, 0.4) is 0 Å². The summed E-state index contributed by atoms with van der Waals surface area (Å²) in [4.78, 5) is 28.7. The lowest BCUT2D eigenvalue weighted by Gasteiger charge is -2.12. The second kappa shape index (κ2) is 7.27. The maximum Gasteiger partial charge on any atom is 0.308 e. The van der Waals surface area contributed by atoms with Crippen LogP contribution in [0.15, 0.2) is 58.0 Å². The average Bonchev–Trinajstić information content (AvgIpc) is 2.73. The lowest BCUT2D eigenvalue weighted by molar-refractivity contribution is -0.131. The van der Waals surface area contributed by atoms with Crippen LogP contribution < -0.4 is 19.6 Å². The molecule has 7 heteroatoms. The zero-order valence-corrected chi connectivity index (χ0v) is 16.0. The van der Waals surface area contributed by atoms with Crippen LogP contribution >= 0.6 is 0 Å². The molecule has 4 aromatic rings. The third-order valence-electron chi connectivity index (χ3n) is 4.47. The first kappa shape index (κ1) is 18.5. The van der Waals surface area contributed by atoms with Crippen molar-refractivity contribution in [3.05, 3.63) is 59.0 Å². The number of nitrogens with zero attached hydrogens (tertiary/aromatic N) is 1. The quantitative estimate of drug-likeness (QED) is 0.296. The van der Waals surface area contributed by atoms with E-state index < -0.39 is 5.97 Å². The van der Waals surface area contributed by atoms with Gasteiger partial charge in [-0.15, -0.1) is 0 Å². The number of carbonyl (C=O) groups excluding carboxylic acids is 1. The molecule has 0 bridgehead atoms. The van der Waals surface area contributed by atoms with E-state index >= 15 is 0 Å². The van der Waals surface area contributed by atoms with E-state index in [2.05, 4.69) is 4.98 Å². The van der Waals surface area contributed by atoms with Gasteiger partial charge >= 0.3 is 5.97 Å². The third kappa shape index (κ3) is 3.27. The van der Waals surface area contributed by atoms with Crippen LogP contribution in [0.4, 0.5) is 0 Å². The van der Waals surface area contributed by atoms with Crippen molar-refractivity contribution in [1.29, 1.82) is 0 Å². The number of pyridine rings is 1. The van der Waals surface area contributed by atoms with Crippen LogP contribution in [-0.4, -0.2) is 25.2 Å². The summed E-state index contributed by atoms with van der Waals surface area (Å²) in [5, 5.41) is 0.509. The average molecular weight is 391 g/mol. The summed E-state index contributed by atoms with van der Waals surface area (Å²) < 4.78 is 22.0. The van der Waals surface area contributed by atoms with E-state index in [1.54, 1.807) is 24.5 Å². The number of fused-ring (bicyclic) bond motifs is 2. The fraction of sp³-hybridized carbons (Fsp3) is 0.136. The molecule has 0 saturated heterocycles. The number of aromatic nitrogens is 1. The van der Waals surface area contributed by atoms with E-state index in [0.717, 1.165) is 11.1 Å². The van der Waals surface area contributed by atoms with Crippen molar-refractivity contribution in [1.82, 2.24) is 4.98 Å². The number of hydrogen-bond acceptors (Lipinski definition) is 7. The molecule has 7 nitrogen and oxygen atoms in total. The summed E-state index contributed by atoms with van der Waals surface area (Å²) >= 11 is 0. The molecule has 0 saturated carbocycles. The summed E-state index contributed by atoms with van der Waals surface area (Å²) in [6.45, 7) is 1.28. The Bertz CT molecular complexity index is 1290. The Hall–Kier alpha value is -3.87. The first-order valence-electron chi connectivity index (χ1n) is 8.77. The third-order valence-corrected chi connectivity index (χ3v) is 4.47. The molecule has 0 spiro atoms. The standard InChI is InChI=1S/C22H17NO6/c1-12(24)28-15-9-16-21(25)20-17(26-2)7-14(13-5-4-6-23-11-13)8-18(20)29-22(16)19(10-15)27-3/h4-11H,1-3H3. The van der Waals surface area contributed by atoms with Gasteiger partial charge in [0.25, 0.3) is 0 Å². The highest BCUT2D eigenvalue weighted by molar-refractivity contribution is 5.98. The molecule has 2 aromatic carbocycles.